The van der Waals surface area contributed by atoms with Gasteiger partial charge in [-0.3, -0.25) is 9.98 Å². The van der Waals surface area contributed by atoms with E-state index in [9.17, 15) is 0 Å². The van der Waals surface area contributed by atoms with Crippen molar-refractivity contribution in [2.24, 2.45) is 10.7 Å². The van der Waals surface area contributed by atoms with E-state index in [1.54, 1.807) is 6.20 Å². The number of pyridine rings is 1. The summed E-state index contributed by atoms with van der Waals surface area (Å²) in [5, 5.41) is 3.11. The van der Waals surface area contributed by atoms with Crippen molar-refractivity contribution in [3.05, 3.63) is 30.1 Å². The molecule has 0 aliphatic rings. The van der Waals surface area contributed by atoms with Gasteiger partial charge in [-0.25, -0.2) is 0 Å². The van der Waals surface area contributed by atoms with E-state index in [1.165, 1.54) is 0 Å². The monoisotopic (exact) mass is 391 g/mol. The second-order valence-corrected chi connectivity index (χ2v) is 4.29. The van der Waals surface area contributed by atoms with Crippen molar-refractivity contribution in [2.75, 3.05) is 32.7 Å². The van der Waals surface area contributed by atoms with Crippen molar-refractivity contribution in [3.63, 3.8) is 0 Å². The molecule has 1 rings (SSSR count). The Labute approximate surface area is 139 Å². The zero-order chi connectivity index (χ0) is 13.9. The van der Waals surface area contributed by atoms with Gasteiger partial charge >= 0.3 is 0 Å². The van der Waals surface area contributed by atoms with Crippen LogP contribution in [0.3, 0.4) is 0 Å². The van der Waals surface area contributed by atoms with Crippen molar-refractivity contribution < 1.29 is 0 Å². The number of guanidine groups is 1. The molecule has 5 nitrogen and oxygen atoms in total. The Hall–Kier alpha value is -0.890. The number of nitrogens with zero attached hydrogens (tertiary/aromatic N) is 3. The van der Waals surface area contributed by atoms with E-state index in [2.05, 4.69) is 34.0 Å². The Morgan fingerprint density at radius 1 is 1.35 bits per heavy atom. The van der Waals surface area contributed by atoms with Crippen LogP contribution in [0.2, 0.25) is 0 Å². The fourth-order valence-electron chi connectivity index (χ4n) is 1.77. The quantitative estimate of drug-likeness (QED) is 0.400. The van der Waals surface area contributed by atoms with E-state index in [0.717, 1.165) is 44.8 Å². The van der Waals surface area contributed by atoms with Crippen molar-refractivity contribution >= 4 is 29.9 Å². The van der Waals surface area contributed by atoms with Crippen LogP contribution in [0.1, 0.15) is 19.5 Å². The third kappa shape index (κ3) is 8.31. The summed E-state index contributed by atoms with van der Waals surface area (Å²) in [6, 6.07) is 5.92. The van der Waals surface area contributed by atoms with Gasteiger partial charge in [-0.1, -0.05) is 19.9 Å². The van der Waals surface area contributed by atoms with Gasteiger partial charge in [-0.15, -0.1) is 24.0 Å². The molecule has 1 heterocycles. The molecule has 0 saturated heterocycles. The Kier molecular flexibility index (Phi) is 11.4. The van der Waals surface area contributed by atoms with Crippen molar-refractivity contribution in [1.29, 1.82) is 0 Å². The van der Waals surface area contributed by atoms with Crippen LogP contribution in [-0.2, 0) is 6.42 Å². The topological polar surface area (TPSA) is 66.5 Å². The maximum absolute atomic E-state index is 5.81. The first-order valence-electron chi connectivity index (χ1n) is 6.92. The van der Waals surface area contributed by atoms with E-state index >= 15 is 0 Å². The largest absolute Gasteiger partial charge is 0.370 e. The van der Waals surface area contributed by atoms with E-state index < -0.39 is 0 Å². The predicted octanol–water partition coefficient (Wildman–Crippen LogP) is 1.49. The molecule has 1 aromatic rings. The van der Waals surface area contributed by atoms with Gasteiger partial charge in [0.05, 0.1) is 6.54 Å². The Morgan fingerprint density at radius 3 is 2.70 bits per heavy atom. The van der Waals surface area contributed by atoms with Crippen molar-refractivity contribution in [3.8, 4) is 0 Å². The predicted molar refractivity (Wildman–Crippen MR) is 95.6 cm³/mol. The molecule has 0 aliphatic carbocycles. The fourth-order valence-corrected chi connectivity index (χ4v) is 1.77. The number of halogens is 1. The minimum absolute atomic E-state index is 0. The van der Waals surface area contributed by atoms with Crippen LogP contribution < -0.4 is 11.1 Å². The number of likely N-dealkylation sites (N-methyl/N-ethyl adjacent to an activating group) is 1. The van der Waals surface area contributed by atoms with E-state index in [-0.39, 0.29) is 24.0 Å². The van der Waals surface area contributed by atoms with Crippen LogP contribution in [0.4, 0.5) is 0 Å². The summed E-state index contributed by atoms with van der Waals surface area (Å²) in [5.41, 5.74) is 6.87. The zero-order valence-electron chi connectivity index (χ0n) is 12.4. The van der Waals surface area contributed by atoms with Crippen LogP contribution in [0.5, 0.6) is 0 Å². The average Bonchev–Trinajstić information content (AvgIpc) is 2.45. The molecule has 114 valence electrons. The average molecular weight is 391 g/mol. The highest BCUT2D eigenvalue weighted by Crippen LogP contribution is 1.92. The normalized spacial score (nSPS) is 11.2. The molecule has 0 saturated carbocycles. The number of nitrogens with one attached hydrogen (secondary N) is 1. The second-order valence-electron chi connectivity index (χ2n) is 4.29. The third-order valence-corrected chi connectivity index (χ3v) is 3.01. The Bertz CT molecular complexity index is 365. The molecule has 0 amide bonds. The summed E-state index contributed by atoms with van der Waals surface area (Å²) in [6.07, 6.45) is 2.66. The van der Waals surface area contributed by atoms with Crippen molar-refractivity contribution in [2.45, 2.75) is 20.3 Å². The molecule has 1 aromatic heterocycles. The van der Waals surface area contributed by atoms with Gasteiger partial charge in [0.15, 0.2) is 5.96 Å². The molecule has 0 atom stereocenters. The smallest absolute Gasteiger partial charge is 0.188 e. The van der Waals surface area contributed by atoms with Gasteiger partial charge in [-0.2, -0.15) is 0 Å². The summed E-state index contributed by atoms with van der Waals surface area (Å²) in [4.78, 5) is 10.9. The van der Waals surface area contributed by atoms with Crippen LogP contribution in [0.15, 0.2) is 29.4 Å². The highest BCUT2D eigenvalue weighted by Gasteiger charge is 1.98. The number of rotatable bonds is 8. The van der Waals surface area contributed by atoms with E-state index in [0.29, 0.717) is 5.96 Å². The minimum Gasteiger partial charge on any atom is -0.370 e. The van der Waals surface area contributed by atoms with Gasteiger partial charge in [0.1, 0.15) is 0 Å². The lowest BCUT2D eigenvalue weighted by molar-refractivity contribution is 0.313. The number of hydrogen-bond donors (Lipinski definition) is 2. The molecule has 20 heavy (non-hydrogen) atoms. The first kappa shape index (κ1) is 19.1. The lowest BCUT2D eigenvalue weighted by Gasteiger charge is -2.16. The summed E-state index contributed by atoms with van der Waals surface area (Å²) in [5.74, 6) is 0.517. The van der Waals surface area contributed by atoms with Gasteiger partial charge < -0.3 is 16.0 Å². The number of aromatic nitrogens is 1. The molecular formula is C14H26IN5. The highest BCUT2D eigenvalue weighted by molar-refractivity contribution is 14.0. The second kappa shape index (κ2) is 11.9. The van der Waals surface area contributed by atoms with Crippen LogP contribution in [0.25, 0.3) is 0 Å². The van der Waals surface area contributed by atoms with Crippen LogP contribution >= 0.6 is 24.0 Å². The molecule has 0 spiro atoms. The first-order valence-corrected chi connectivity index (χ1v) is 6.92. The molecule has 6 heteroatoms. The summed E-state index contributed by atoms with van der Waals surface area (Å²) in [6.45, 7) is 8.87. The Morgan fingerprint density at radius 2 is 2.10 bits per heavy atom. The molecular weight excluding hydrogens is 365 g/mol. The summed E-state index contributed by atoms with van der Waals surface area (Å²) >= 11 is 0. The van der Waals surface area contributed by atoms with Gasteiger partial charge in [0, 0.05) is 31.4 Å². The van der Waals surface area contributed by atoms with E-state index in [4.69, 9.17) is 5.73 Å². The SMILES string of the molecule is CCN(CC)CCN=C(N)NCCc1ccccn1.I. The first-order chi connectivity index (χ1) is 9.26. The fraction of sp³-hybridized carbons (Fsp3) is 0.571. The third-order valence-electron chi connectivity index (χ3n) is 3.01. The molecule has 0 fully saturated rings. The maximum atomic E-state index is 5.81. The summed E-state index contributed by atoms with van der Waals surface area (Å²) < 4.78 is 0. The van der Waals surface area contributed by atoms with Gasteiger partial charge in [-0.05, 0) is 25.2 Å². The number of hydrogen-bond acceptors (Lipinski definition) is 3. The molecule has 0 aromatic carbocycles. The summed E-state index contributed by atoms with van der Waals surface area (Å²) in [7, 11) is 0. The lowest BCUT2D eigenvalue weighted by atomic mass is 10.3. The number of aliphatic imine (C=N–C) groups is 1. The van der Waals surface area contributed by atoms with Crippen LogP contribution in [0, 0.1) is 0 Å². The molecule has 0 bridgehead atoms. The highest BCUT2D eigenvalue weighted by atomic mass is 127. The molecule has 0 unspecified atom stereocenters. The van der Waals surface area contributed by atoms with Crippen LogP contribution in [-0.4, -0.2) is 48.6 Å². The zero-order valence-corrected chi connectivity index (χ0v) is 14.7. The van der Waals surface area contributed by atoms with Gasteiger partial charge in [0.25, 0.3) is 0 Å². The van der Waals surface area contributed by atoms with E-state index in [1.807, 2.05) is 18.2 Å². The molecule has 0 aliphatic heterocycles. The minimum atomic E-state index is 0. The molecule has 3 N–H and O–H groups in total. The Balaban J connectivity index is 0.00000361. The maximum Gasteiger partial charge on any atom is 0.188 e. The number of nitrogens with two attached hydrogens (primary N) is 1. The standard InChI is InChI=1S/C14H25N5.HI/c1-3-19(4-2)12-11-18-14(15)17-10-8-13-7-5-6-9-16-13;/h5-7,9H,3-4,8,10-12H2,1-2H3,(H3,15,17,18);1H. The molecule has 0 radical (unpaired) electrons. The lowest BCUT2D eigenvalue weighted by Crippen LogP contribution is -2.34. The van der Waals surface area contributed by atoms with Crippen molar-refractivity contribution in [1.82, 2.24) is 15.2 Å². The van der Waals surface area contributed by atoms with Gasteiger partial charge in [0.2, 0.25) is 0 Å².